The smallest absolute Gasteiger partial charge is 0.266 e. The molecule has 0 aliphatic carbocycles. The van der Waals surface area contributed by atoms with E-state index in [-0.39, 0.29) is 5.57 Å². The van der Waals surface area contributed by atoms with E-state index >= 15 is 0 Å². The summed E-state index contributed by atoms with van der Waals surface area (Å²) in [5.41, 5.74) is 5.24. The second kappa shape index (κ2) is 10.4. The Morgan fingerprint density at radius 2 is 1.72 bits per heavy atom. The highest BCUT2D eigenvalue weighted by Crippen LogP contribution is 2.35. The zero-order valence-corrected chi connectivity index (χ0v) is 19.5. The number of halogens is 2. The van der Waals surface area contributed by atoms with Crippen LogP contribution in [0.1, 0.15) is 27.8 Å². The molecule has 6 heteroatoms. The van der Waals surface area contributed by atoms with E-state index in [2.05, 4.69) is 5.32 Å². The Morgan fingerprint density at radius 1 is 1.03 bits per heavy atom. The summed E-state index contributed by atoms with van der Waals surface area (Å²) in [5, 5.41) is 12.9. The van der Waals surface area contributed by atoms with Crippen LogP contribution in [0.4, 0.5) is 5.69 Å². The number of ether oxygens (including phenoxy) is 1. The van der Waals surface area contributed by atoms with Crippen LogP contribution >= 0.6 is 23.2 Å². The number of carbonyl (C=O) groups is 1. The Morgan fingerprint density at radius 3 is 2.34 bits per heavy atom. The van der Waals surface area contributed by atoms with Crippen LogP contribution in [-0.4, -0.2) is 5.91 Å². The summed E-state index contributed by atoms with van der Waals surface area (Å²) in [7, 11) is 0. The molecule has 0 unspecified atom stereocenters. The second-order valence-electron chi connectivity index (χ2n) is 7.53. The first kappa shape index (κ1) is 23.4. The maximum absolute atomic E-state index is 12.6. The van der Waals surface area contributed by atoms with Crippen LogP contribution < -0.4 is 10.1 Å². The molecule has 0 saturated carbocycles. The molecule has 3 aromatic rings. The molecule has 162 valence electrons. The standard InChI is InChI=1S/C26H22Cl2N2O2/c1-16-5-4-6-19(10-16)15-32-25-22(27)12-20(13-23(25)28)11-21(14-29)26(31)30-24-8-7-17(2)9-18(24)3/h4-13H,15H2,1-3H3,(H,30,31)/b21-11+. The quantitative estimate of drug-likeness (QED) is 0.314. The predicted molar refractivity (Wildman–Crippen MR) is 130 cm³/mol. The van der Waals surface area contributed by atoms with Gasteiger partial charge >= 0.3 is 0 Å². The molecule has 1 amide bonds. The van der Waals surface area contributed by atoms with Crippen LogP contribution in [-0.2, 0) is 11.4 Å². The summed E-state index contributed by atoms with van der Waals surface area (Å²) in [6, 6.07) is 18.8. The van der Waals surface area contributed by atoms with Gasteiger partial charge in [0.25, 0.3) is 5.91 Å². The molecule has 0 aliphatic rings. The first-order valence-corrected chi connectivity index (χ1v) is 10.7. The molecule has 0 heterocycles. The number of nitrogens with zero attached hydrogens (tertiary/aromatic N) is 1. The molecule has 0 saturated heterocycles. The van der Waals surface area contributed by atoms with Gasteiger partial charge in [0.1, 0.15) is 18.2 Å². The van der Waals surface area contributed by atoms with Crippen LogP contribution in [0.2, 0.25) is 10.0 Å². The number of benzene rings is 3. The van der Waals surface area contributed by atoms with Gasteiger partial charge < -0.3 is 10.1 Å². The van der Waals surface area contributed by atoms with E-state index < -0.39 is 5.91 Å². The average Bonchev–Trinajstić information content (AvgIpc) is 2.73. The molecule has 0 radical (unpaired) electrons. The molecule has 0 atom stereocenters. The molecule has 1 N–H and O–H groups in total. The van der Waals surface area contributed by atoms with Crippen molar-refractivity contribution >= 4 is 40.9 Å². The molecule has 0 bridgehead atoms. The molecule has 3 rings (SSSR count). The summed E-state index contributed by atoms with van der Waals surface area (Å²) in [6.45, 7) is 6.19. The van der Waals surface area contributed by atoms with Crippen molar-refractivity contribution in [2.75, 3.05) is 5.32 Å². The molecule has 3 aromatic carbocycles. The molecule has 0 aliphatic heterocycles. The summed E-state index contributed by atoms with van der Waals surface area (Å²) < 4.78 is 5.82. The van der Waals surface area contributed by atoms with Crippen molar-refractivity contribution in [3.63, 3.8) is 0 Å². The lowest BCUT2D eigenvalue weighted by molar-refractivity contribution is -0.112. The van der Waals surface area contributed by atoms with E-state index in [0.717, 1.165) is 22.3 Å². The lowest BCUT2D eigenvalue weighted by Crippen LogP contribution is -2.14. The summed E-state index contributed by atoms with van der Waals surface area (Å²) >= 11 is 12.8. The topological polar surface area (TPSA) is 62.1 Å². The van der Waals surface area contributed by atoms with E-state index in [1.54, 1.807) is 12.1 Å². The Hall–Kier alpha value is -3.26. The number of nitriles is 1. The van der Waals surface area contributed by atoms with E-state index in [1.165, 1.54) is 6.08 Å². The third kappa shape index (κ3) is 5.91. The Kier molecular flexibility index (Phi) is 7.58. The minimum atomic E-state index is -0.508. The fraction of sp³-hybridized carbons (Fsp3) is 0.154. The molecular weight excluding hydrogens is 443 g/mol. The van der Waals surface area contributed by atoms with Gasteiger partial charge in [0.2, 0.25) is 0 Å². The number of rotatable bonds is 6. The first-order chi connectivity index (χ1) is 15.3. The summed E-state index contributed by atoms with van der Waals surface area (Å²) in [6.07, 6.45) is 1.45. The maximum atomic E-state index is 12.6. The first-order valence-electron chi connectivity index (χ1n) is 9.94. The molecular formula is C26H22Cl2N2O2. The van der Waals surface area contributed by atoms with E-state index in [4.69, 9.17) is 27.9 Å². The van der Waals surface area contributed by atoms with E-state index in [9.17, 15) is 10.1 Å². The predicted octanol–water partition coefficient (Wildman–Crippen LogP) is 7.04. The van der Waals surface area contributed by atoms with Crippen LogP contribution in [0.3, 0.4) is 0 Å². The lowest BCUT2D eigenvalue weighted by Gasteiger charge is -2.12. The highest BCUT2D eigenvalue weighted by molar-refractivity contribution is 6.37. The van der Waals surface area contributed by atoms with Gasteiger partial charge in [0, 0.05) is 5.69 Å². The number of amides is 1. The fourth-order valence-electron chi connectivity index (χ4n) is 3.22. The molecule has 4 nitrogen and oxygen atoms in total. The number of nitrogens with one attached hydrogen (secondary N) is 1. The molecule has 0 fully saturated rings. The van der Waals surface area contributed by atoms with Crippen molar-refractivity contribution in [1.29, 1.82) is 5.26 Å². The maximum Gasteiger partial charge on any atom is 0.266 e. The van der Waals surface area contributed by atoms with Gasteiger partial charge in [0.15, 0.2) is 5.75 Å². The van der Waals surface area contributed by atoms with Crippen molar-refractivity contribution in [3.8, 4) is 11.8 Å². The number of carbonyl (C=O) groups excluding carboxylic acids is 1. The van der Waals surface area contributed by atoms with Gasteiger partial charge in [-0.05, 0) is 61.7 Å². The normalized spacial score (nSPS) is 11.1. The number of aryl methyl sites for hydroxylation is 3. The van der Waals surface area contributed by atoms with Gasteiger partial charge in [-0.1, -0.05) is 70.7 Å². The van der Waals surface area contributed by atoms with E-state index in [0.29, 0.717) is 33.7 Å². The zero-order chi connectivity index (χ0) is 23.3. The third-order valence-corrected chi connectivity index (χ3v) is 5.35. The molecule has 0 aromatic heterocycles. The van der Waals surface area contributed by atoms with Gasteiger partial charge in [-0.25, -0.2) is 0 Å². The Labute approximate surface area is 198 Å². The van der Waals surface area contributed by atoms with Gasteiger partial charge in [0.05, 0.1) is 10.0 Å². The minimum absolute atomic E-state index is 0.0643. The van der Waals surface area contributed by atoms with Crippen LogP contribution in [0.25, 0.3) is 6.08 Å². The third-order valence-electron chi connectivity index (χ3n) is 4.79. The van der Waals surface area contributed by atoms with Crippen LogP contribution in [0.15, 0.2) is 60.2 Å². The van der Waals surface area contributed by atoms with Crippen molar-refractivity contribution in [2.24, 2.45) is 0 Å². The van der Waals surface area contributed by atoms with E-state index in [1.807, 2.05) is 69.3 Å². The molecule has 32 heavy (non-hydrogen) atoms. The van der Waals surface area contributed by atoms with Crippen molar-refractivity contribution < 1.29 is 9.53 Å². The van der Waals surface area contributed by atoms with Crippen molar-refractivity contribution in [1.82, 2.24) is 0 Å². The summed E-state index contributed by atoms with van der Waals surface area (Å²) in [4.78, 5) is 12.6. The van der Waals surface area contributed by atoms with Gasteiger partial charge in [-0.15, -0.1) is 0 Å². The average molecular weight is 465 g/mol. The van der Waals surface area contributed by atoms with Gasteiger partial charge in [-0.2, -0.15) is 5.26 Å². The molecule has 0 spiro atoms. The highest BCUT2D eigenvalue weighted by atomic mass is 35.5. The van der Waals surface area contributed by atoms with Crippen molar-refractivity contribution in [2.45, 2.75) is 27.4 Å². The Balaban J connectivity index is 1.78. The Bertz CT molecular complexity index is 1220. The lowest BCUT2D eigenvalue weighted by atomic mass is 10.1. The van der Waals surface area contributed by atoms with Crippen LogP contribution in [0, 0.1) is 32.1 Å². The fourth-order valence-corrected chi connectivity index (χ4v) is 3.83. The monoisotopic (exact) mass is 464 g/mol. The summed E-state index contributed by atoms with van der Waals surface area (Å²) in [5.74, 6) is -0.156. The zero-order valence-electron chi connectivity index (χ0n) is 18.0. The second-order valence-corrected chi connectivity index (χ2v) is 8.35. The largest absolute Gasteiger partial charge is 0.486 e. The number of anilines is 1. The van der Waals surface area contributed by atoms with Crippen LogP contribution in [0.5, 0.6) is 5.75 Å². The number of hydrogen-bond donors (Lipinski definition) is 1. The minimum Gasteiger partial charge on any atom is -0.486 e. The number of hydrogen-bond acceptors (Lipinski definition) is 3. The SMILES string of the molecule is Cc1cccc(COc2c(Cl)cc(/C=C(\C#N)C(=O)Nc3ccc(C)cc3C)cc2Cl)c1. The highest BCUT2D eigenvalue weighted by Gasteiger charge is 2.14. The van der Waals surface area contributed by atoms with Gasteiger partial charge in [-0.3, -0.25) is 4.79 Å². The van der Waals surface area contributed by atoms with Crippen molar-refractivity contribution in [3.05, 3.63) is 98.0 Å².